The van der Waals surface area contributed by atoms with E-state index in [1.54, 1.807) is 12.1 Å². The first-order valence-corrected chi connectivity index (χ1v) is 4.82. The van der Waals surface area contributed by atoms with Crippen LogP contribution in [0.5, 0.6) is 0 Å². The van der Waals surface area contributed by atoms with Gasteiger partial charge in [0, 0.05) is 23.9 Å². The number of esters is 1. The van der Waals surface area contributed by atoms with Crippen LogP contribution in [0.1, 0.15) is 12.5 Å². The maximum atomic E-state index is 11.2. The van der Waals surface area contributed by atoms with Gasteiger partial charge in [0.25, 0.3) is 0 Å². The highest BCUT2D eigenvalue weighted by Crippen LogP contribution is 2.16. The Morgan fingerprint density at radius 2 is 2.12 bits per heavy atom. The number of ether oxygens (including phenoxy) is 1. The van der Waals surface area contributed by atoms with Gasteiger partial charge in [0.2, 0.25) is 0 Å². The Kier molecular flexibility index (Phi) is 2.72. The molecule has 1 aromatic carbocycles. The number of hydrogen-bond donors (Lipinski definition) is 0. The van der Waals surface area contributed by atoms with E-state index >= 15 is 0 Å². The number of rotatable bonds is 2. The lowest BCUT2D eigenvalue weighted by Gasteiger charge is -2.04. The quantitative estimate of drug-likeness (QED) is 0.570. The van der Waals surface area contributed by atoms with Crippen LogP contribution in [0.15, 0.2) is 39.5 Å². The Morgan fingerprint density at radius 1 is 1.38 bits per heavy atom. The second-order valence-electron chi connectivity index (χ2n) is 3.37. The number of carbonyl (C=O) groups excluding carboxylic acids is 1. The van der Waals surface area contributed by atoms with Crippen molar-refractivity contribution in [3.63, 3.8) is 0 Å². The van der Waals surface area contributed by atoms with E-state index < -0.39 is 5.63 Å². The van der Waals surface area contributed by atoms with E-state index in [1.165, 1.54) is 13.0 Å². The Bertz CT molecular complexity index is 583. The zero-order valence-corrected chi connectivity index (χ0v) is 8.73. The molecule has 0 aliphatic heterocycles. The molecule has 0 bridgehead atoms. The molecule has 4 heteroatoms. The first-order valence-electron chi connectivity index (χ1n) is 4.82. The molecular weight excluding hydrogens is 208 g/mol. The lowest BCUT2D eigenvalue weighted by Crippen LogP contribution is -2.04. The number of carbonyl (C=O) groups is 1. The average Bonchev–Trinajstić information content (AvgIpc) is 2.25. The summed E-state index contributed by atoms with van der Waals surface area (Å²) in [5, 5.41) is 0.781. The minimum atomic E-state index is -0.444. The molecule has 2 aromatic rings. The molecule has 82 valence electrons. The van der Waals surface area contributed by atoms with Crippen LogP contribution in [0.3, 0.4) is 0 Å². The van der Waals surface area contributed by atoms with Gasteiger partial charge in [-0.3, -0.25) is 4.79 Å². The maximum absolute atomic E-state index is 11.2. The fraction of sp³-hybridized carbons (Fsp3) is 0.167. The summed E-state index contributed by atoms with van der Waals surface area (Å²) in [6.07, 6.45) is 0. The van der Waals surface area contributed by atoms with Crippen LogP contribution < -0.4 is 5.63 Å². The van der Waals surface area contributed by atoms with Gasteiger partial charge in [0.1, 0.15) is 12.2 Å². The lowest BCUT2D eigenvalue weighted by atomic mass is 10.1. The molecule has 0 saturated carbocycles. The average molecular weight is 218 g/mol. The van der Waals surface area contributed by atoms with Crippen LogP contribution in [0, 0.1) is 0 Å². The van der Waals surface area contributed by atoms with E-state index in [2.05, 4.69) is 0 Å². The molecule has 0 aliphatic rings. The molecule has 0 unspecified atom stereocenters. The summed E-state index contributed by atoms with van der Waals surface area (Å²) in [5.74, 6) is -0.377. The smallest absolute Gasteiger partial charge is 0.336 e. The van der Waals surface area contributed by atoms with Crippen molar-refractivity contribution in [1.29, 1.82) is 0 Å². The van der Waals surface area contributed by atoms with Crippen molar-refractivity contribution in [1.82, 2.24) is 0 Å². The van der Waals surface area contributed by atoms with Crippen LogP contribution in [0.4, 0.5) is 0 Å². The van der Waals surface area contributed by atoms with Gasteiger partial charge < -0.3 is 9.15 Å². The fourth-order valence-electron chi connectivity index (χ4n) is 1.48. The number of hydrogen-bond acceptors (Lipinski definition) is 4. The van der Waals surface area contributed by atoms with Gasteiger partial charge in [-0.1, -0.05) is 18.2 Å². The molecule has 0 fully saturated rings. The number of para-hydroxylation sites is 1. The van der Waals surface area contributed by atoms with Gasteiger partial charge in [0.15, 0.2) is 0 Å². The zero-order valence-electron chi connectivity index (χ0n) is 8.73. The van der Waals surface area contributed by atoms with Crippen LogP contribution in [0.2, 0.25) is 0 Å². The molecule has 0 spiro atoms. The predicted molar refractivity (Wildman–Crippen MR) is 58.0 cm³/mol. The molecule has 16 heavy (non-hydrogen) atoms. The van der Waals surface area contributed by atoms with Crippen molar-refractivity contribution in [3.8, 4) is 0 Å². The van der Waals surface area contributed by atoms with Gasteiger partial charge in [-0.15, -0.1) is 0 Å². The minimum Gasteiger partial charge on any atom is -0.461 e. The second kappa shape index (κ2) is 4.18. The first-order chi connectivity index (χ1) is 7.66. The third-order valence-corrected chi connectivity index (χ3v) is 2.17. The zero-order chi connectivity index (χ0) is 11.5. The van der Waals surface area contributed by atoms with Crippen molar-refractivity contribution in [2.75, 3.05) is 0 Å². The van der Waals surface area contributed by atoms with Crippen molar-refractivity contribution in [2.24, 2.45) is 0 Å². The highest BCUT2D eigenvalue weighted by molar-refractivity contribution is 5.80. The summed E-state index contributed by atoms with van der Waals surface area (Å²) >= 11 is 0. The third kappa shape index (κ3) is 2.11. The summed E-state index contributed by atoms with van der Waals surface area (Å²) in [7, 11) is 0. The maximum Gasteiger partial charge on any atom is 0.336 e. The molecular formula is C12H10O4. The highest BCUT2D eigenvalue weighted by Gasteiger charge is 2.05. The number of benzene rings is 1. The van der Waals surface area contributed by atoms with Crippen molar-refractivity contribution in [2.45, 2.75) is 13.5 Å². The Balaban J connectivity index is 2.50. The standard InChI is InChI=1S/C12H10O4/c1-8(13)15-7-9-6-12(14)16-11-5-3-2-4-10(9)11/h2-6H,7H2,1H3. The molecule has 1 heterocycles. The Labute approximate surface area is 91.4 Å². The van der Waals surface area contributed by atoms with Gasteiger partial charge >= 0.3 is 11.6 Å². The van der Waals surface area contributed by atoms with Crippen molar-refractivity contribution >= 4 is 16.9 Å². The van der Waals surface area contributed by atoms with E-state index in [4.69, 9.17) is 9.15 Å². The van der Waals surface area contributed by atoms with E-state index in [1.807, 2.05) is 12.1 Å². The molecule has 0 N–H and O–H groups in total. The van der Waals surface area contributed by atoms with Crippen LogP contribution >= 0.6 is 0 Å². The highest BCUT2D eigenvalue weighted by atomic mass is 16.5. The summed E-state index contributed by atoms with van der Waals surface area (Å²) < 4.78 is 9.88. The van der Waals surface area contributed by atoms with Crippen LogP contribution in [-0.4, -0.2) is 5.97 Å². The summed E-state index contributed by atoms with van der Waals surface area (Å²) in [6.45, 7) is 1.41. The lowest BCUT2D eigenvalue weighted by molar-refractivity contribution is -0.142. The van der Waals surface area contributed by atoms with Crippen molar-refractivity contribution < 1.29 is 13.9 Å². The molecule has 1 aromatic heterocycles. The molecule has 0 radical (unpaired) electrons. The second-order valence-corrected chi connectivity index (χ2v) is 3.37. The molecule has 4 nitrogen and oxygen atoms in total. The molecule has 0 amide bonds. The molecule has 0 saturated heterocycles. The summed E-state index contributed by atoms with van der Waals surface area (Å²) in [5.41, 5.74) is 0.708. The number of fused-ring (bicyclic) bond motifs is 1. The third-order valence-electron chi connectivity index (χ3n) is 2.17. The molecule has 0 aliphatic carbocycles. The van der Waals surface area contributed by atoms with Gasteiger partial charge in [-0.05, 0) is 6.07 Å². The largest absolute Gasteiger partial charge is 0.461 e. The predicted octanol–water partition coefficient (Wildman–Crippen LogP) is 1.86. The normalized spacial score (nSPS) is 10.3. The van der Waals surface area contributed by atoms with E-state index in [-0.39, 0.29) is 12.6 Å². The minimum absolute atomic E-state index is 0.0848. The van der Waals surface area contributed by atoms with Gasteiger partial charge in [-0.2, -0.15) is 0 Å². The van der Waals surface area contributed by atoms with Crippen LogP contribution in [0.25, 0.3) is 11.0 Å². The van der Waals surface area contributed by atoms with Gasteiger partial charge in [0.05, 0.1) is 0 Å². The molecule has 2 rings (SSSR count). The van der Waals surface area contributed by atoms with Crippen molar-refractivity contribution in [3.05, 3.63) is 46.3 Å². The van der Waals surface area contributed by atoms with E-state index in [0.717, 1.165) is 5.39 Å². The SMILES string of the molecule is CC(=O)OCc1cc(=O)oc2ccccc12. The fourth-order valence-corrected chi connectivity index (χ4v) is 1.48. The topological polar surface area (TPSA) is 56.5 Å². The monoisotopic (exact) mass is 218 g/mol. The van der Waals surface area contributed by atoms with E-state index in [0.29, 0.717) is 11.1 Å². The van der Waals surface area contributed by atoms with Gasteiger partial charge in [-0.25, -0.2) is 4.79 Å². The Hall–Kier alpha value is -2.10. The summed E-state index contributed by atoms with van der Waals surface area (Å²) in [4.78, 5) is 22.0. The van der Waals surface area contributed by atoms with E-state index in [9.17, 15) is 9.59 Å². The molecule has 0 atom stereocenters. The van der Waals surface area contributed by atoms with Crippen LogP contribution in [-0.2, 0) is 16.1 Å². The first kappa shape index (κ1) is 10.4. The summed E-state index contributed by atoms with van der Waals surface area (Å²) in [6, 6.07) is 8.47. The Morgan fingerprint density at radius 3 is 2.88 bits per heavy atom.